The molecule has 1 aliphatic rings. The van der Waals surface area contributed by atoms with Crippen molar-refractivity contribution in [2.45, 2.75) is 19.0 Å². The predicted molar refractivity (Wildman–Crippen MR) is 99.3 cm³/mol. The Kier molecular flexibility index (Phi) is 5.89. The second-order valence-electron chi connectivity index (χ2n) is 6.10. The Morgan fingerprint density at radius 1 is 1.12 bits per heavy atom. The van der Waals surface area contributed by atoms with E-state index < -0.39 is 6.04 Å². The van der Waals surface area contributed by atoms with Crippen LogP contribution in [-0.4, -0.2) is 47.9 Å². The Labute approximate surface area is 151 Å². The van der Waals surface area contributed by atoms with Gasteiger partial charge in [0.05, 0.1) is 10.4 Å². The lowest BCUT2D eigenvalue weighted by Gasteiger charge is -2.35. The van der Waals surface area contributed by atoms with E-state index in [1.807, 2.05) is 41.3 Å². The highest BCUT2D eigenvalue weighted by molar-refractivity contribution is 7.16. The monoisotopic (exact) mass is 363 g/mol. The second-order valence-corrected chi connectivity index (χ2v) is 7.90. The minimum absolute atomic E-state index is 0.0534. The van der Waals surface area contributed by atoms with Crippen molar-refractivity contribution >= 4 is 28.8 Å². The van der Waals surface area contributed by atoms with Crippen molar-refractivity contribution in [1.29, 1.82) is 0 Å². The molecule has 2 N–H and O–H groups in total. The van der Waals surface area contributed by atoms with Gasteiger partial charge in [-0.05, 0) is 24.1 Å². The first-order chi connectivity index (χ1) is 11.6. The molecule has 1 aromatic carbocycles. The largest absolute Gasteiger partial charge is 0.339 e. The molecule has 2 aromatic rings. The van der Waals surface area contributed by atoms with Crippen LogP contribution in [0.1, 0.15) is 10.4 Å². The lowest BCUT2D eigenvalue weighted by atomic mass is 10.1. The second kappa shape index (κ2) is 8.12. The third-order valence-corrected chi connectivity index (χ3v) is 5.52. The van der Waals surface area contributed by atoms with Gasteiger partial charge in [-0.2, -0.15) is 0 Å². The average Bonchev–Trinajstić information content (AvgIpc) is 3.00. The van der Waals surface area contributed by atoms with Crippen LogP contribution >= 0.6 is 22.9 Å². The first-order valence-electron chi connectivity index (χ1n) is 8.16. The number of thiophene rings is 1. The van der Waals surface area contributed by atoms with Crippen LogP contribution in [0.25, 0.3) is 0 Å². The molecule has 4 nitrogen and oxygen atoms in total. The first-order valence-corrected chi connectivity index (χ1v) is 9.36. The maximum atomic E-state index is 12.5. The molecule has 0 aliphatic carbocycles. The van der Waals surface area contributed by atoms with Gasteiger partial charge in [0.25, 0.3) is 0 Å². The number of carbonyl (C=O) groups is 1. The molecule has 1 saturated heterocycles. The van der Waals surface area contributed by atoms with E-state index in [9.17, 15) is 4.79 Å². The van der Waals surface area contributed by atoms with Gasteiger partial charge >= 0.3 is 0 Å². The summed E-state index contributed by atoms with van der Waals surface area (Å²) in [6.07, 6.45) is 0.591. The zero-order valence-corrected chi connectivity index (χ0v) is 15.1. The van der Waals surface area contributed by atoms with Gasteiger partial charge in [-0.15, -0.1) is 11.3 Å². The summed E-state index contributed by atoms with van der Waals surface area (Å²) in [6, 6.07) is 13.5. The maximum absolute atomic E-state index is 12.5. The van der Waals surface area contributed by atoms with Crippen molar-refractivity contribution in [2.24, 2.45) is 5.73 Å². The summed E-state index contributed by atoms with van der Waals surface area (Å²) in [6.45, 7) is 4.12. The Morgan fingerprint density at radius 3 is 2.46 bits per heavy atom. The molecule has 0 spiro atoms. The zero-order valence-electron chi connectivity index (χ0n) is 13.5. The fraction of sp³-hybridized carbons (Fsp3) is 0.389. The van der Waals surface area contributed by atoms with E-state index in [2.05, 4.69) is 11.0 Å². The predicted octanol–water partition coefficient (Wildman–Crippen LogP) is 2.62. The summed E-state index contributed by atoms with van der Waals surface area (Å²) in [5.41, 5.74) is 7.23. The summed E-state index contributed by atoms with van der Waals surface area (Å²) in [7, 11) is 0. The molecule has 2 heterocycles. The molecule has 0 saturated carbocycles. The molecule has 0 radical (unpaired) electrons. The fourth-order valence-corrected chi connectivity index (χ4v) is 4.10. The van der Waals surface area contributed by atoms with Gasteiger partial charge in [-0.3, -0.25) is 9.69 Å². The van der Waals surface area contributed by atoms with E-state index in [1.54, 1.807) is 11.3 Å². The van der Waals surface area contributed by atoms with Gasteiger partial charge < -0.3 is 10.6 Å². The van der Waals surface area contributed by atoms with E-state index in [0.29, 0.717) is 6.42 Å². The van der Waals surface area contributed by atoms with Crippen molar-refractivity contribution in [3.8, 4) is 0 Å². The highest BCUT2D eigenvalue weighted by Crippen LogP contribution is 2.23. The normalized spacial score (nSPS) is 17.0. The number of benzene rings is 1. The number of amides is 1. The number of nitrogens with zero attached hydrogens (tertiary/aromatic N) is 2. The van der Waals surface area contributed by atoms with Gasteiger partial charge in [0.1, 0.15) is 0 Å². The molecule has 1 amide bonds. The molecule has 1 fully saturated rings. The minimum Gasteiger partial charge on any atom is -0.339 e. The third-order valence-electron chi connectivity index (χ3n) is 4.31. The molecule has 3 rings (SSSR count). The quantitative estimate of drug-likeness (QED) is 0.888. The number of hydrogen-bond donors (Lipinski definition) is 1. The lowest BCUT2D eigenvalue weighted by Crippen LogP contribution is -2.53. The Hall–Kier alpha value is -1.40. The van der Waals surface area contributed by atoms with Crippen LogP contribution in [0.4, 0.5) is 0 Å². The Morgan fingerprint density at radius 2 is 1.83 bits per heavy atom. The SMILES string of the molecule is NC(Cc1ccccc1)C(=O)N1CCN(Cc2ccc(Cl)s2)CC1. The standard InChI is InChI=1S/C18H22ClN3OS/c19-17-7-6-15(24-17)13-21-8-10-22(11-9-21)18(23)16(20)12-14-4-2-1-3-5-14/h1-7,16H,8-13,20H2. The summed E-state index contributed by atoms with van der Waals surface area (Å²) in [5, 5.41) is 0. The fourth-order valence-electron chi connectivity index (χ4n) is 2.97. The van der Waals surface area contributed by atoms with E-state index in [1.165, 1.54) is 4.88 Å². The van der Waals surface area contributed by atoms with Crippen LogP contribution in [0, 0.1) is 0 Å². The number of halogens is 1. The number of nitrogens with two attached hydrogens (primary N) is 1. The van der Waals surface area contributed by atoms with Crippen LogP contribution < -0.4 is 5.73 Å². The lowest BCUT2D eigenvalue weighted by molar-refractivity contribution is -0.134. The molecule has 1 aliphatic heterocycles. The summed E-state index contributed by atoms with van der Waals surface area (Å²) in [5.74, 6) is 0.0534. The minimum atomic E-state index is -0.463. The van der Waals surface area contributed by atoms with Gasteiger partial charge in [-0.1, -0.05) is 41.9 Å². The third kappa shape index (κ3) is 4.57. The first kappa shape index (κ1) is 17.4. The van der Waals surface area contributed by atoms with Crippen LogP contribution in [0.2, 0.25) is 4.34 Å². The number of piperazine rings is 1. The van der Waals surface area contributed by atoms with Crippen LogP contribution in [-0.2, 0) is 17.8 Å². The Balaban J connectivity index is 1.47. The topological polar surface area (TPSA) is 49.6 Å². The molecule has 1 aromatic heterocycles. The van der Waals surface area contributed by atoms with E-state index >= 15 is 0 Å². The number of rotatable bonds is 5. The van der Waals surface area contributed by atoms with E-state index in [0.717, 1.165) is 42.6 Å². The summed E-state index contributed by atoms with van der Waals surface area (Å²) in [4.78, 5) is 18.1. The molecule has 6 heteroatoms. The van der Waals surface area contributed by atoms with Crippen LogP contribution in [0.3, 0.4) is 0 Å². The molecule has 24 heavy (non-hydrogen) atoms. The van der Waals surface area contributed by atoms with Crippen molar-refractivity contribution in [1.82, 2.24) is 9.80 Å². The molecule has 0 bridgehead atoms. The van der Waals surface area contributed by atoms with E-state index in [4.69, 9.17) is 17.3 Å². The Bertz CT molecular complexity index is 668. The smallest absolute Gasteiger partial charge is 0.239 e. The zero-order chi connectivity index (χ0) is 16.9. The number of carbonyl (C=O) groups excluding carboxylic acids is 1. The molecule has 1 atom stereocenters. The highest BCUT2D eigenvalue weighted by Gasteiger charge is 2.25. The van der Waals surface area contributed by atoms with Crippen molar-refractivity contribution in [3.63, 3.8) is 0 Å². The van der Waals surface area contributed by atoms with Crippen LogP contribution in [0.15, 0.2) is 42.5 Å². The highest BCUT2D eigenvalue weighted by atomic mass is 35.5. The molecule has 1 unspecified atom stereocenters. The van der Waals surface area contributed by atoms with Crippen molar-refractivity contribution < 1.29 is 4.79 Å². The van der Waals surface area contributed by atoms with Gasteiger partial charge in [-0.25, -0.2) is 0 Å². The average molecular weight is 364 g/mol. The van der Waals surface area contributed by atoms with Gasteiger partial charge in [0, 0.05) is 37.6 Å². The van der Waals surface area contributed by atoms with Gasteiger partial charge in [0.15, 0.2) is 0 Å². The number of hydrogen-bond acceptors (Lipinski definition) is 4. The van der Waals surface area contributed by atoms with Crippen molar-refractivity contribution in [2.75, 3.05) is 26.2 Å². The summed E-state index contributed by atoms with van der Waals surface area (Å²) >= 11 is 7.60. The maximum Gasteiger partial charge on any atom is 0.239 e. The van der Waals surface area contributed by atoms with Crippen LogP contribution in [0.5, 0.6) is 0 Å². The molecular formula is C18H22ClN3OS. The van der Waals surface area contributed by atoms with E-state index in [-0.39, 0.29) is 5.91 Å². The molecular weight excluding hydrogens is 342 g/mol. The van der Waals surface area contributed by atoms with Crippen molar-refractivity contribution in [3.05, 3.63) is 57.2 Å². The molecule has 128 valence electrons. The van der Waals surface area contributed by atoms with Gasteiger partial charge in [0.2, 0.25) is 5.91 Å². The summed E-state index contributed by atoms with van der Waals surface area (Å²) < 4.78 is 0.825.